The molecule has 0 saturated heterocycles. The second-order valence-electron chi connectivity index (χ2n) is 6.88. The normalized spacial score (nSPS) is 63.2. The van der Waals surface area contributed by atoms with Crippen LogP contribution < -0.4 is 0 Å². The van der Waals surface area contributed by atoms with E-state index in [9.17, 15) is 0 Å². The molecule has 4 saturated carbocycles. The first kappa shape index (κ1) is 10.5. The first-order valence-electron chi connectivity index (χ1n) is 6.66. The van der Waals surface area contributed by atoms with Crippen molar-refractivity contribution in [3.05, 3.63) is 0 Å². The Morgan fingerprint density at radius 1 is 1.13 bits per heavy atom. The maximum Gasteiger partial charge on any atom is 0.0188 e. The van der Waals surface area contributed by atoms with Crippen molar-refractivity contribution in [2.45, 2.75) is 64.0 Å². The highest BCUT2D eigenvalue weighted by Gasteiger charge is 2.74. The quantitative estimate of drug-likeness (QED) is 0.583. The molecule has 4 aliphatic carbocycles. The molecule has 1 heteroatoms. The third kappa shape index (κ3) is 0.936. The summed E-state index contributed by atoms with van der Waals surface area (Å²) >= 11 is 5.11. The van der Waals surface area contributed by atoms with E-state index in [1.165, 1.54) is 38.5 Å². The van der Waals surface area contributed by atoms with Gasteiger partial charge in [0.2, 0.25) is 0 Å². The Bertz CT molecular complexity index is 296. The summed E-state index contributed by atoms with van der Waals surface area (Å²) in [5.41, 5.74) is 1.27. The van der Waals surface area contributed by atoms with Crippen LogP contribution in [0.15, 0.2) is 0 Å². The molecule has 4 rings (SSSR count). The van der Waals surface area contributed by atoms with Gasteiger partial charge in [-0.05, 0) is 61.7 Å². The molecule has 0 radical (unpaired) electrons. The van der Waals surface area contributed by atoms with Gasteiger partial charge in [-0.15, -0.1) is 0 Å². The van der Waals surface area contributed by atoms with Gasteiger partial charge in [0.15, 0.2) is 0 Å². The van der Waals surface area contributed by atoms with E-state index in [1.807, 2.05) is 0 Å². The molecule has 0 amide bonds. The molecule has 3 unspecified atom stereocenters. The Labute approximate surface area is 99.6 Å². The average Bonchev–Trinajstić information content (AvgIpc) is 2.18. The van der Waals surface area contributed by atoms with Gasteiger partial charge in [-0.1, -0.05) is 20.3 Å². The Morgan fingerprint density at radius 2 is 1.87 bits per heavy atom. The van der Waals surface area contributed by atoms with Crippen LogP contribution in [0.3, 0.4) is 0 Å². The third-order valence-electron chi connectivity index (χ3n) is 6.78. The molecular formula is C14H24S. The summed E-state index contributed by atoms with van der Waals surface area (Å²) in [5, 5.41) is 0. The SMILES string of the molecule is C[C@H]1CCCC2C[C@]3(CCC23C)C1(C)S. The van der Waals surface area contributed by atoms with E-state index in [4.69, 9.17) is 12.6 Å². The van der Waals surface area contributed by atoms with Crippen molar-refractivity contribution in [3.63, 3.8) is 0 Å². The minimum absolute atomic E-state index is 0.289. The third-order valence-corrected chi connectivity index (χ3v) is 7.65. The van der Waals surface area contributed by atoms with Gasteiger partial charge in [0.1, 0.15) is 0 Å². The van der Waals surface area contributed by atoms with Gasteiger partial charge < -0.3 is 0 Å². The molecule has 4 fully saturated rings. The molecule has 0 aromatic heterocycles. The fourth-order valence-corrected chi connectivity index (χ4v) is 5.74. The lowest BCUT2D eigenvalue weighted by atomic mass is 9.29. The van der Waals surface area contributed by atoms with Crippen LogP contribution in [-0.4, -0.2) is 4.75 Å². The van der Waals surface area contributed by atoms with Gasteiger partial charge >= 0.3 is 0 Å². The molecule has 5 atom stereocenters. The number of fused-ring (bicyclic) bond motifs is 4. The highest BCUT2D eigenvalue weighted by Crippen LogP contribution is 2.80. The highest BCUT2D eigenvalue weighted by molar-refractivity contribution is 7.81. The van der Waals surface area contributed by atoms with Crippen molar-refractivity contribution in [1.82, 2.24) is 0 Å². The largest absolute Gasteiger partial charge is 0.172 e. The van der Waals surface area contributed by atoms with E-state index in [0.717, 1.165) is 11.8 Å². The summed E-state index contributed by atoms with van der Waals surface area (Å²) in [5.74, 6) is 1.83. The zero-order valence-corrected chi connectivity index (χ0v) is 11.2. The lowest BCUT2D eigenvalue weighted by molar-refractivity contribution is -0.253. The lowest BCUT2D eigenvalue weighted by Gasteiger charge is -2.78. The Hall–Kier alpha value is 0.350. The Kier molecular flexibility index (Phi) is 1.94. The van der Waals surface area contributed by atoms with Crippen LogP contribution in [-0.2, 0) is 0 Å². The fourth-order valence-electron chi connectivity index (χ4n) is 5.15. The van der Waals surface area contributed by atoms with Gasteiger partial charge in [-0.25, -0.2) is 0 Å². The minimum atomic E-state index is 0.289. The molecule has 4 aliphatic rings. The summed E-state index contributed by atoms with van der Waals surface area (Å²) in [7, 11) is 0. The standard InChI is InChI=1S/C14H24S/c1-10-5-4-6-11-9-14(13(10,3)15)8-7-12(11,14)2/h10-11,15H,4-9H2,1-3H3/t10-,11?,12?,13?,14-/m0/s1. The van der Waals surface area contributed by atoms with Crippen molar-refractivity contribution in [3.8, 4) is 0 Å². The van der Waals surface area contributed by atoms with Gasteiger partial charge in [0, 0.05) is 4.75 Å². The Balaban J connectivity index is 2.00. The van der Waals surface area contributed by atoms with E-state index in [1.54, 1.807) is 0 Å². The van der Waals surface area contributed by atoms with E-state index in [-0.39, 0.29) is 4.75 Å². The van der Waals surface area contributed by atoms with Crippen molar-refractivity contribution in [1.29, 1.82) is 0 Å². The van der Waals surface area contributed by atoms with Crippen LogP contribution >= 0.6 is 12.6 Å². The van der Waals surface area contributed by atoms with Gasteiger partial charge in [-0.3, -0.25) is 0 Å². The van der Waals surface area contributed by atoms with Crippen LogP contribution in [0.25, 0.3) is 0 Å². The zero-order valence-electron chi connectivity index (χ0n) is 10.3. The molecular weight excluding hydrogens is 200 g/mol. The predicted molar refractivity (Wildman–Crippen MR) is 68.3 cm³/mol. The summed E-state index contributed by atoms with van der Waals surface area (Å²) in [6, 6.07) is 0. The van der Waals surface area contributed by atoms with E-state index in [0.29, 0.717) is 10.8 Å². The summed E-state index contributed by atoms with van der Waals surface area (Å²) in [6.07, 6.45) is 8.73. The Morgan fingerprint density at radius 3 is 2.40 bits per heavy atom. The first-order valence-corrected chi connectivity index (χ1v) is 7.11. The number of hydrogen-bond donors (Lipinski definition) is 1. The van der Waals surface area contributed by atoms with Crippen molar-refractivity contribution in [2.24, 2.45) is 22.7 Å². The van der Waals surface area contributed by atoms with Crippen molar-refractivity contribution in [2.75, 3.05) is 0 Å². The second kappa shape index (κ2) is 2.78. The zero-order chi connectivity index (χ0) is 10.9. The molecule has 0 nitrogen and oxygen atoms in total. The summed E-state index contributed by atoms with van der Waals surface area (Å²) < 4.78 is 0.289. The molecule has 0 heterocycles. The summed E-state index contributed by atoms with van der Waals surface area (Å²) in [6.45, 7) is 7.41. The molecule has 0 aromatic carbocycles. The van der Waals surface area contributed by atoms with Crippen molar-refractivity contribution < 1.29 is 0 Å². The topological polar surface area (TPSA) is 0 Å². The molecule has 0 aliphatic heterocycles. The molecule has 86 valence electrons. The van der Waals surface area contributed by atoms with Crippen LogP contribution in [0.5, 0.6) is 0 Å². The van der Waals surface area contributed by atoms with Gasteiger partial charge in [0.25, 0.3) is 0 Å². The van der Waals surface area contributed by atoms with Gasteiger partial charge in [-0.2, -0.15) is 12.6 Å². The molecule has 2 bridgehead atoms. The van der Waals surface area contributed by atoms with E-state index in [2.05, 4.69) is 20.8 Å². The van der Waals surface area contributed by atoms with E-state index >= 15 is 0 Å². The maximum atomic E-state index is 5.11. The molecule has 0 N–H and O–H groups in total. The van der Waals surface area contributed by atoms with E-state index < -0.39 is 0 Å². The molecule has 15 heavy (non-hydrogen) atoms. The number of rotatable bonds is 0. The smallest absolute Gasteiger partial charge is 0.0188 e. The average molecular weight is 224 g/mol. The van der Waals surface area contributed by atoms with Crippen molar-refractivity contribution >= 4 is 12.6 Å². The van der Waals surface area contributed by atoms with Crippen LogP contribution in [0.4, 0.5) is 0 Å². The number of thiol groups is 1. The lowest BCUT2D eigenvalue weighted by Crippen LogP contribution is -2.73. The minimum Gasteiger partial charge on any atom is -0.172 e. The summed E-state index contributed by atoms with van der Waals surface area (Å²) in [4.78, 5) is 0. The van der Waals surface area contributed by atoms with Crippen LogP contribution in [0.2, 0.25) is 0 Å². The molecule has 1 spiro atoms. The molecule has 0 aromatic rings. The first-order chi connectivity index (χ1) is 6.94. The second-order valence-corrected chi connectivity index (χ2v) is 7.81. The number of hydrogen-bond acceptors (Lipinski definition) is 1. The van der Waals surface area contributed by atoms with Crippen LogP contribution in [0.1, 0.15) is 59.3 Å². The maximum absolute atomic E-state index is 5.11. The van der Waals surface area contributed by atoms with Crippen LogP contribution in [0, 0.1) is 22.7 Å². The van der Waals surface area contributed by atoms with Gasteiger partial charge in [0.05, 0.1) is 0 Å². The predicted octanol–water partition coefficient (Wildman–Crippen LogP) is 4.30. The fraction of sp³-hybridized carbons (Fsp3) is 1.00. The highest BCUT2D eigenvalue weighted by atomic mass is 32.1. The monoisotopic (exact) mass is 224 g/mol.